The van der Waals surface area contributed by atoms with E-state index in [2.05, 4.69) is 20.1 Å². The van der Waals surface area contributed by atoms with Crippen LogP contribution in [0.15, 0.2) is 59.8 Å². The van der Waals surface area contributed by atoms with Crippen LogP contribution in [0.1, 0.15) is 37.1 Å². The number of benzene rings is 2. The standard InChI is InChI=1S/C21H21FN4OS/c1-14(20(27)23-13-15-7-11-17(22)12-8-15)28-21-25-24-19(16-9-10-16)26(21)18-5-3-2-4-6-18/h2-8,11-12,14,16H,9-10,13H2,1H3,(H,23,27)/t14-/m1/s1. The van der Waals surface area contributed by atoms with E-state index in [1.807, 2.05) is 37.3 Å². The summed E-state index contributed by atoms with van der Waals surface area (Å²) in [4.78, 5) is 12.5. The van der Waals surface area contributed by atoms with E-state index in [9.17, 15) is 9.18 Å². The SMILES string of the molecule is C[C@@H](Sc1nnc(C2CC2)n1-c1ccccc1)C(=O)NCc1ccc(F)cc1. The van der Waals surface area contributed by atoms with Gasteiger partial charge in [-0.3, -0.25) is 9.36 Å². The van der Waals surface area contributed by atoms with Crippen LogP contribution < -0.4 is 5.32 Å². The summed E-state index contributed by atoms with van der Waals surface area (Å²) in [5, 5.41) is 12.0. The highest BCUT2D eigenvalue weighted by Crippen LogP contribution is 2.41. The molecule has 1 aliphatic carbocycles. The van der Waals surface area contributed by atoms with Crippen molar-refractivity contribution in [2.75, 3.05) is 0 Å². The number of thioether (sulfide) groups is 1. The van der Waals surface area contributed by atoms with Crippen LogP contribution in [0, 0.1) is 5.82 Å². The summed E-state index contributed by atoms with van der Waals surface area (Å²) in [6, 6.07) is 16.1. The van der Waals surface area contributed by atoms with Crippen molar-refractivity contribution in [2.24, 2.45) is 0 Å². The van der Waals surface area contributed by atoms with Crippen LogP contribution in [0.4, 0.5) is 4.39 Å². The Morgan fingerprint density at radius 1 is 1.18 bits per heavy atom. The molecular weight excluding hydrogens is 375 g/mol. The van der Waals surface area contributed by atoms with Crippen molar-refractivity contribution in [1.82, 2.24) is 20.1 Å². The molecule has 28 heavy (non-hydrogen) atoms. The lowest BCUT2D eigenvalue weighted by Crippen LogP contribution is -2.30. The minimum Gasteiger partial charge on any atom is -0.351 e. The van der Waals surface area contributed by atoms with E-state index in [4.69, 9.17) is 0 Å². The Labute approximate surface area is 167 Å². The summed E-state index contributed by atoms with van der Waals surface area (Å²) in [5.41, 5.74) is 1.87. The fourth-order valence-electron chi connectivity index (χ4n) is 2.93. The number of aromatic nitrogens is 3. The summed E-state index contributed by atoms with van der Waals surface area (Å²) in [7, 11) is 0. The minimum atomic E-state index is -0.334. The Morgan fingerprint density at radius 2 is 1.89 bits per heavy atom. The van der Waals surface area contributed by atoms with Gasteiger partial charge in [-0.05, 0) is 49.6 Å². The first-order valence-electron chi connectivity index (χ1n) is 9.31. The first kappa shape index (κ1) is 18.7. The van der Waals surface area contributed by atoms with E-state index in [0.717, 1.165) is 35.1 Å². The second-order valence-electron chi connectivity index (χ2n) is 6.89. The van der Waals surface area contributed by atoms with E-state index in [1.54, 1.807) is 12.1 Å². The number of nitrogens with zero attached hydrogens (tertiary/aromatic N) is 3. The molecule has 0 radical (unpaired) electrons. The minimum absolute atomic E-state index is 0.0927. The molecule has 4 rings (SSSR count). The van der Waals surface area contributed by atoms with Crippen LogP contribution in [-0.2, 0) is 11.3 Å². The molecule has 1 atom stereocenters. The predicted molar refractivity (Wildman–Crippen MR) is 107 cm³/mol. The van der Waals surface area contributed by atoms with Crippen molar-refractivity contribution in [1.29, 1.82) is 0 Å². The lowest BCUT2D eigenvalue weighted by molar-refractivity contribution is -0.120. The van der Waals surface area contributed by atoms with E-state index < -0.39 is 0 Å². The Bertz CT molecular complexity index is 954. The van der Waals surface area contributed by atoms with Gasteiger partial charge in [0, 0.05) is 18.2 Å². The highest BCUT2D eigenvalue weighted by Gasteiger charge is 2.31. The van der Waals surface area contributed by atoms with E-state index >= 15 is 0 Å². The summed E-state index contributed by atoms with van der Waals surface area (Å²) in [6.45, 7) is 2.22. The fourth-order valence-corrected chi connectivity index (χ4v) is 3.83. The van der Waals surface area contributed by atoms with E-state index in [1.165, 1.54) is 23.9 Å². The van der Waals surface area contributed by atoms with Crippen LogP contribution in [0.5, 0.6) is 0 Å². The second-order valence-corrected chi connectivity index (χ2v) is 8.20. The molecule has 1 aromatic heterocycles. The van der Waals surface area contributed by atoms with Crippen molar-refractivity contribution < 1.29 is 9.18 Å². The average Bonchev–Trinajstić information content (AvgIpc) is 3.48. The molecule has 1 heterocycles. The molecule has 0 saturated heterocycles. The topological polar surface area (TPSA) is 59.8 Å². The van der Waals surface area contributed by atoms with Gasteiger partial charge in [0.25, 0.3) is 0 Å². The Kier molecular flexibility index (Phi) is 5.43. The summed E-state index contributed by atoms with van der Waals surface area (Å²) < 4.78 is 15.1. The second kappa shape index (κ2) is 8.14. The number of hydrogen-bond acceptors (Lipinski definition) is 4. The fraction of sp³-hybridized carbons (Fsp3) is 0.286. The number of para-hydroxylation sites is 1. The van der Waals surface area contributed by atoms with Crippen LogP contribution in [0.2, 0.25) is 0 Å². The van der Waals surface area contributed by atoms with Crippen LogP contribution in [0.3, 0.4) is 0 Å². The molecule has 1 saturated carbocycles. The zero-order valence-corrected chi connectivity index (χ0v) is 16.3. The molecule has 1 fully saturated rings. The third kappa shape index (κ3) is 4.25. The van der Waals surface area contributed by atoms with Gasteiger partial charge in [-0.25, -0.2) is 4.39 Å². The monoisotopic (exact) mass is 396 g/mol. The van der Waals surface area contributed by atoms with Crippen LogP contribution in [-0.4, -0.2) is 25.9 Å². The molecule has 0 aliphatic heterocycles. The molecule has 5 nitrogen and oxygen atoms in total. The van der Waals surface area contributed by atoms with Crippen molar-refractivity contribution in [2.45, 2.75) is 42.6 Å². The number of rotatable bonds is 7. The predicted octanol–water partition coefficient (Wildman–Crippen LogP) is 4.08. The molecule has 7 heteroatoms. The van der Waals surface area contributed by atoms with Gasteiger partial charge >= 0.3 is 0 Å². The molecule has 144 valence electrons. The Balaban J connectivity index is 1.46. The highest BCUT2D eigenvalue weighted by atomic mass is 32.2. The van der Waals surface area contributed by atoms with Gasteiger partial charge < -0.3 is 5.32 Å². The number of hydrogen-bond donors (Lipinski definition) is 1. The molecular formula is C21H21FN4OS. The number of carbonyl (C=O) groups is 1. The zero-order valence-electron chi connectivity index (χ0n) is 15.5. The lowest BCUT2D eigenvalue weighted by Gasteiger charge is -2.14. The number of nitrogens with one attached hydrogen (secondary N) is 1. The van der Waals surface area contributed by atoms with Gasteiger partial charge in [0.15, 0.2) is 5.16 Å². The number of halogens is 1. The van der Waals surface area contributed by atoms with Gasteiger partial charge in [-0.15, -0.1) is 10.2 Å². The first-order chi connectivity index (χ1) is 13.6. The summed E-state index contributed by atoms with van der Waals surface area (Å²) in [5.74, 6) is 1.04. The van der Waals surface area contributed by atoms with Crippen LogP contribution >= 0.6 is 11.8 Å². The smallest absolute Gasteiger partial charge is 0.233 e. The number of carbonyl (C=O) groups excluding carboxylic acids is 1. The zero-order chi connectivity index (χ0) is 19.5. The summed E-state index contributed by atoms with van der Waals surface area (Å²) >= 11 is 1.39. The normalized spacial score (nSPS) is 14.6. The Morgan fingerprint density at radius 3 is 2.57 bits per heavy atom. The molecule has 1 amide bonds. The van der Waals surface area contributed by atoms with Crippen LogP contribution in [0.25, 0.3) is 5.69 Å². The molecule has 1 N–H and O–H groups in total. The average molecular weight is 396 g/mol. The van der Waals surface area contributed by atoms with Crippen molar-refractivity contribution in [3.63, 3.8) is 0 Å². The van der Waals surface area contributed by atoms with Gasteiger partial charge in [0.05, 0.1) is 5.25 Å². The molecule has 0 spiro atoms. The third-order valence-electron chi connectivity index (χ3n) is 4.65. The number of amides is 1. The van der Waals surface area contributed by atoms with Gasteiger partial charge in [-0.1, -0.05) is 42.1 Å². The maximum Gasteiger partial charge on any atom is 0.233 e. The third-order valence-corrected chi connectivity index (χ3v) is 5.69. The van der Waals surface area contributed by atoms with Crippen molar-refractivity contribution in [3.05, 3.63) is 71.8 Å². The van der Waals surface area contributed by atoms with Gasteiger partial charge in [0.2, 0.25) is 5.91 Å². The molecule has 1 aliphatic rings. The lowest BCUT2D eigenvalue weighted by atomic mass is 10.2. The molecule has 0 bridgehead atoms. The quantitative estimate of drug-likeness (QED) is 0.612. The molecule has 3 aromatic rings. The van der Waals surface area contributed by atoms with Crippen molar-refractivity contribution in [3.8, 4) is 5.69 Å². The highest BCUT2D eigenvalue weighted by molar-refractivity contribution is 8.00. The summed E-state index contributed by atoms with van der Waals surface area (Å²) in [6.07, 6.45) is 2.26. The maximum atomic E-state index is 13.0. The molecule has 0 unspecified atom stereocenters. The molecule has 2 aromatic carbocycles. The Hall–Kier alpha value is -2.67. The van der Waals surface area contributed by atoms with Crippen molar-refractivity contribution >= 4 is 17.7 Å². The largest absolute Gasteiger partial charge is 0.351 e. The maximum absolute atomic E-state index is 13.0. The van der Waals surface area contributed by atoms with Gasteiger partial charge in [0.1, 0.15) is 11.6 Å². The van der Waals surface area contributed by atoms with Gasteiger partial charge in [-0.2, -0.15) is 0 Å². The first-order valence-corrected chi connectivity index (χ1v) is 10.2. The van der Waals surface area contributed by atoms with E-state index in [-0.39, 0.29) is 17.0 Å². The van der Waals surface area contributed by atoms with E-state index in [0.29, 0.717) is 12.5 Å².